The van der Waals surface area contributed by atoms with E-state index in [-0.39, 0.29) is 37.7 Å². The third-order valence-corrected chi connectivity index (χ3v) is 8.10. The summed E-state index contributed by atoms with van der Waals surface area (Å²) in [5.74, 6) is -6.38. The minimum absolute atomic E-state index is 0.00233. The average Bonchev–Trinajstić information content (AvgIpc) is 3.61. The molecule has 5 aromatic rings. The first kappa shape index (κ1) is 33.3. The lowest BCUT2D eigenvalue weighted by Crippen LogP contribution is -2.63. The molecule has 0 aliphatic carbocycles. The van der Waals surface area contributed by atoms with Gasteiger partial charge in [-0.2, -0.15) is 0 Å². The second kappa shape index (κ2) is 15.1. The zero-order valence-electron chi connectivity index (χ0n) is 25.9. The summed E-state index contributed by atoms with van der Waals surface area (Å²) in [5, 5.41) is 20.4. The molecule has 1 aliphatic rings. The van der Waals surface area contributed by atoms with Crippen LogP contribution in [0.25, 0.3) is 11.3 Å². The Morgan fingerprint density at radius 2 is 1.35 bits per heavy atom. The van der Waals surface area contributed by atoms with Crippen LogP contribution < -0.4 is 0 Å². The van der Waals surface area contributed by atoms with Crippen molar-refractivity contribution < 1.29 is 37.2 Å². The molecular weight excluding hydrogens is 623 g/mol. The molecule has 8 nitrogen and oxygen atoms in total. The lowest BCUT2D eigenvalue weighted by Gasteiger charge is -2.49. The zero-order chi connectivity index (χ0) is 33.5. The molecule has 4 aromatic carbocycles. The van der Waals surface area contributed by atoms with Gasteiger partial charge in [-0.3, -0.25) is 0 Å². The SMILES string of the molecule is C=C[C@]1(O)O[C@H](COCc2ccccc2)[C@H](OCc2ccccc2)[C@H](n2cc(-c3cc(F)c(F)c(F)c3)nn2)[C@H]1OCc1ccccc1. The van der Waals surface area contributed by atoms with Crippen LogP contribution >= 0.6 is 0 Å². The summed E-state index contributed by atoms with van der Waals surface area (Å²) >= 11 is 0. The molecule has 2 heterocycles. The maximum Gasteiger partial charge on any atom is 0.214 e. The number of rotatable bonds is 13. The third kappa shape index (κ3) is 7.56. The van der Waals surface area contributed by atoms with Gasteiger partial charge in [0.05, 0.1) is 32.6 Å². The molecule has 0 unspecified atom stereocenters. The standard InChI is InChI=1S/C37H34F3N3O5/c1-2-37(44)36(47-23-27-16-10-5-11-17-27)34(43-20-31(41-42-43)28-18-29(38)33(40)30(39)19-28)35(46-22-26-14-8-4-9-15-26)32(48-37)24-45-21-25-12-6-3-7-13-25/h2-20,32,34-36,44H,1,21-24H2/t32-,34+,35+,36-,37+/m1/s1. The summed E-state index contributed by atoms with van der Waals surface area (Å²) < 4.78 is 68.9. The minimum atomic E-state index is -2.06. The molecule has 0 saturated carbocycles. The highest BCUT2D eigenvalue weighted by molar-refractivity contribution is 5.58. The molecule has 6 rings (SSSR count). The van der Waals surface area contributed by atoms with E-state index in [1.807, 2.05) is 91.0 Å². The summed E-state index contributed by atoms with van der Waals surface area (Å²) in [5.41, 5.74) is 2.67. The van der Waals surface area contributed by atoms with E-state index in [4.69, 9.17) is 18.9 Å². The molecule has 1 fully saturated rings. The van der Waals surface area contributed by atoms with Crippen molar-refractivity contribution in [3.8, 4) is 11.3 Å². The van der Waals surface area contributed by atoms with Gasteiger partial charge in [0.1, 0.15) is 30.0 Å². The number of halogens is 3. The van der Waals surface area contributed by atoms with Crippen molar-refractivity contribution in [1.82, 2.24) is 15.0 Å². The number of aromatic nitrogens is 3. The van der Waals surface area contributed by atoms with E-state index < -0.39 is 47.6 Å². The normalized spacial score (nSPS) is 22.4. The Labute approximate surface area is 276 Å². The monoisotopic (exact) mass is 657 g/mol. The van der Waals surface area contributed by atoms with Gasteiger partial charge in [0, 0.05) is 5.56 Å². The average molecular weight is 658 g/mol. The molecule has 1 aliphatic heterocycles. The number of aliphatic hydroxyl groups is 1. The first-order valence-electron chi connectivity index (χ1n) is 15.4. The number of benzene rings is 4. The third-order valence-electron chi connectivity index (χ3n) is 8.10. The van der Waals surface area contributed by atoms with Crippen LogP contribution in [-0.2, 0) is 38.8 Å². The van der Waals surface area contributed by atoms with Gasteiger partial charge in [-0.1, -0.05) is 103 Å². The van der Waals surface area contributed by atoms with Crippen molar-refractivity contribution in [1.29, 1.82) is 0 Å². The smallest absolute Gasteiger partial charge is 0.214 e. The van der Waals surface area contributed by atoms with Crippen LogP contribution in [0.15, 0.2) is 122 Å². The highest BCUT2D eigenvalue weighted by Crippen LogP contribution is 2.41. The van der Waals surface area contributed by atoms with Crippen LogP contribution in [0, 0.1) is 17.5 Å². The first-order chi connectivity index (χ1) is 23.3. The van der Waals surface area contributed by atoms with Gasteiger partial charge in [0.15, 0.2) is 17.5 Å². The molecule has 48 heavy (non-hydrogen) atoms. The topological polar surface area (TPSA) is 87.9 Å². The lowest BCUT2D eigenvalue weighted by atomic mass is 9.89. The summed E-state index contributed by atoms with van der Waals surface area (Å²) in [6.45, 7) is 4.37. The van der Waals surface area contributed by atoms with E-state index >= 15 is 0 Å². The second-order valence-corrected chi connectivity index (χ2v) is 11.4. The van der Waals surface area contributed by atoms with E-state index in [0.717, 1.165) is 28.8 Å². The predicted octanol–water partition coefficient (Wildman–Crippen LogP) is 6.56. The second-order valence-electron chi connectivity index (χ2n) is 11.4. The van der Waals surface area contributed by atoms with Crippen molar-refractivity contribution >= 4 is 0 Å². The van der Waals surface area contributed by atoms with Crippen LogP contribution in [-0.4, -0.2) is 50.8 Å². The van der Waals surface area contributed by atoms with E-state index in [0.29, 0.717) is 0 Å². The summed E-state index contributed by atoms with van der Waals surface area (Å²) in [6, 6.07) is 29.2. The molecule has 5 atom stereocenters. The maximum absolute atomic E-state index is 14.2. The summed E-state index contributed by atoms with van der Waals surface area (Å²) in [4.78, 5) is 0. The van der Waals surface area contributed by atoms with E-state index in [1.54, 1.807) is 0 Å². The molecule has 0 spiro atoms. The number of nitrogens with zero attached hydrogens (tertiary/aromatic N) is 3. The Bertz CT molecular complexity index is 1770. The fourth-order valence-corrected chi connectivity index (χ4v) is 5.67. The highest BCUT2D eigenvalue weighted by atomic mass is 19.2. The molecule has 1 N–H and O–H groups in total. The molecule has 0 radical (unpaired) electrons. The Morgan fingerprint density at radius 1 is 0.812 bits per heavy atom. The van der Waals surface area contributed by atoms with Gasteiger partial charge in [0.2, 0.25) is 5.79 Å². The Morgan fingerprint density at radius 3 is 1.92 bits per heavy atom. The Balaban J connectivity index is 1.39. The minimum Gasteiger partial charge on any atom is -0.374 e. The van der Waals surface area contributed by atoms with E-state index in [2.05, 4.69) is 16.9 Å². The molecule has 248 valence electrons. The lowest BCUT2D eigenvalue weighted by molar-refractivity contribution is -0.332. The van der Waals surface area contributed by atoms with Gasteiger partial charge in [0.25, 0.3) is 0 Å². The van der Waals surface area contributed by atoms with Gasteiger partial charge in [-0.05, 0) is 34.9 Å². The summed E-state index contributed by atoms with van der Waals surface area (Å²) in [7, 11) is 0. The van der Waals surface area contributed by atoms with Gasteiger partial charge >= 0.3 is 0 Å². The number of hydrogen-bond donors (Lipinski definition) is 1. The largest absolute Gasteiger partial charge is 0.374 e. The van der Waals surface area contributed by atoms with Crippen LogP contribution in [0.1, 0.15) is 22.7 Å². The fourth-order valence-electron chi connectivity index (χ4n) is 5.67. The molecule has 1 aromatic heterocycles. The van der Waals surface area contributed by atoms with Crippen LogP contribution in [0.4, 0.5) is 13.2 Å². The summed E-state index contributed by atoms with van der Waals surface area (Å²) in [6.07, 6.45) is -0.229. The zero-order valence-corrected chi connectivity index (χ0v) is 25.9. The Hall–Kier alpha value is -4.65. The van der Waals surface area contributed by atoms with Crippen molar-refractivity contribution in [3.63, 3.8) is 0 Å². The molecule has 11 heteroatoms. The van der Waals surface area contributed by atoms with Crippen molar-refractivity contribution in [2.75, 3.05) is 6.61 Å². The van der Waals surface area contributed by atoms with Crippen LogP contribution in [0.2, 0.25) is 0 Å². The maximum atomic E-state index is 14.2. The quantitative estimate of drug-likeness (QED) is 0.113. The Kier molecular flexibility index (Phi) is 10.4. The predicted molar refractivity (Wildman–Crippen MR) is 171 cm³/mol. The van der Waals surface area contributed by atoms with E-state index in [9.17, 15) is 18.3 Å². The molecule has 1 saturated heterocycles. The fraction of sp³-hybridized carbons (Fsp3) is 0.243. The van der Waals surface area contributed by atoms with Crippen LogP contribution in [0.5, 0.6) is 0 Å². The van der Waals surface area contributed by atoms with Crippen molar-refractivity contribution in [2.24, 2.45) is 0 Å². The van der Waals surface area contributed by atoms with Crippen molar-refractivity contribution in [3.05, 3.63) is 156 Å². The van der Waals surface area contributed by atoms with Crippen LogP contribution in [0.3, 0.4) is 0 Å². The number of hydrogen-bond acceptors (Lipinski definition) is 7. The molecule has 0 amide bonds. The van der Waals surface area contributed by atoms with Gasteiger partial charge in [-0.15, -0.1) is 5.10 Å². The van der Waals surface area contributed by atoms with E-state index in [1.165, 1.54) is 17.0 Å². The molecule has 0 bridgehead atoms. The first-order valence-corrected chi connectivity index (χ1v) is 15.4. The highest BCUT2D eigenvalue weighted by Gasteiger charge is 2.55. The number of ether oxygens (including phenoxy) is 4. The van der Waals surface area contributed by atoms with Gasteiger partial charge in [-0.25, -0.2) is 17.9 Å². The molecular formula is C37H34F3N3O5. The van der Waals surface area contributed by atoms with Gasteiger partial charge < -0.3 is 24.1 Å². The van der Waals surface area contributed by atoms with Crippen molar-refractivity contribution in [2.45, 2.75) is 50.0 Å².